The standard InChI is InChI=1S/C10H13N3O2S2/c1-2-6-16-10-13-12-9(17-10)11-8(14)7-4-3-5-15-7/h2,7H,1,3-6H2,(H,11,12,14)/t7-/m1/s1. The Morgan fingerprint density at radius 1 is 1.71 bits per heavy atom. The molecule has 0 saturated carbocycles. The summed E-state index contributed by atoms with van der Waals surface area (Å²) in [6.45, 7) is 4.29. The molecule has 1 aliphatic rings. The number of nitrogens with zero attached hydrogens (tertiary/aromatic N) is 2. The van der Waals surface area contributed by atoms with Crippen molar-refractivity contribution in [2.45, 2.75) is 23.3 Å². The van der Waals surface area contributed by atoms with Gasteiger partial charge in [-0.25, -0.2) is 0 Å². The van der Waals surface area contributed by atoms with Gasteiger partial charge in [-0.05, 0) is 12.8 Å². The van der Waals surface area contributed by atoms with Gasteiger partial charge in [0.1, 0.15) is 6.10 Å². The highest BCUT2D eigenvalue weighted by atomic mass is 32.2. The van der Waals surface area contributed by atoms with Crippen LogP contribution in [0.2, 0.25) is 0 Å². The molecule has 0 radical (unpaired) electrons. The molecule has 1 aromatic rings. The second-order valence-corrected chi connectivity index (χ2v) is 5.71. The third-order valence-electron chi connectivity index (χ3n) is 2.18. The van der Waals surface area contributed by atoms with E-state index < -0.39 is 0 Å². The monoisotopic (exact) mass is 271 g/mol. The van der Waals surface area contributed by atoms with Crippen LogP contribution in [0.1, 0.15) is 12.8 Å². The summed E-state index contributed by atoms with van der Waals surface area (Å²) in [5.74, 6) is 0.660. The third-order valence-corrected chi connectivity index (χ3v) is 4.15. The lowest BCUT2D eigenvalue weighted by Crippen LogP contribution is -2.26. The summed E-state index contributed by atoms with van der Waals surface area (Å²) in [7, 11) is 0. The van der Waals surface area contributed by atoms with Crippen molar-refractivity contribution < 1.29 is 9.53 Å². The number of carbonyl (C=O) groups is 1. The van der Waals surface area contributed by atoms with Gasteiger partial charge in [0.15, 0.2) is 4.34 Å². The predicted octanol–water partition coefficient (Wildman–Crippen LogP) is 1.93. The maximum absolute atomic E-state index is 11.7. The van der Waals surface area contributed by atoms with Gasteiger partial charge in [-0.1, -0.05) is 29.2 Å². The van der Waals surface area contributed by atoms with E-state index >= 15 is 0 Å². The van der Waals surface area contributed by atoms with E-state index in [1.165, 1.54) is 11.3 Å². The topological polar surface area (TPSA) is 64.1 Å². The summed E-state index contributed by atoms with van der Waals surface area (Å²) in [6, 6.07) is 0. The van der Waals surface area contributed by atoms with E-state index in [4.69, 9.17) is 4.74 Å². The van der Waals surface area contributed by atoms with Crippen molar-refractivity contribution in [1.29, 1.82) is 0 Å². The van der Waals surface area contributed by atoms with E-state index in [0.717, 1.165) is 22.9 Å². The maximum Gasteiger partial charge on any atom is 0.255 e. The second-order valence-electron chi connectivity index (χ2n) is 3.46. The van der Waals surface area contributed by atoms with Crippen LogP contribution in [0.4, 0.5) is 5.13 Å². The number of carbonyl (C=O) groups excluding carboxylic acids is 1. The Hall–Kier alpha value is -0.920. The molecular weight excluding hydrogens is 258 g/mol. The largest absolute Gasteiger partial charge is 0.368 e. The zero-order chi connectivity index (χ0) is 12.1. The number of amides is 1. The second kappa shape index (κ2) is 6.13. The lowest BCUT2D eigenvalue weighted by atomic mass is 10.2. The molecule has 0 spiro atoms. The number of aromatic nitrogens is 2. The number of hydrogen-bond donors (Lipinski definition) is 1. The molecule has 1 N–H and O–H groups in total. The third kappa shape index (κ3) is 3.52. The molecule has 0 aliphatic carbocycles. The van der Waals surface area contributed by atoms with Gasteiger partial charge < -0.3 is 4.74 Å². The minimum atomic E-state index is -0.330. The van der Waals surface area contributed by atoms with Gasteiger partial charge in [-0.2, -0.15) is 0 Å². The van der Waals surface area contributed by atoms with Crippen LogP contribution < -0.4 is 5.32 Å². The van der Waals surface area contributed by atoms with Crippen LogP contribution in [0.25, 0.3) is 0 Å². The molecule has 2 heterocycles. The SMILES string of the molecule is C=CCSc1nnc(NC(=O)[C@H]2CCCO2)s1. The highest BCUT2D eigenvalue weighted by Crippen LogP contribution is 2.25. The summed E-state index contributed by atoms with van der Waals surface area (Å²) in [5.41, 5.74) is 0. The van der Waals surface area contributed by atoms with Crippen LogP contribution in [-0.2, 0) is 9.53 Å². The Balaban J connectivity index is 1.87. The molecule has 1 aliphatic heterocycles. The lowest BCUT2D eigenvalue weighted by molar-refractivity contribution is -0.124. The first-order valence-electron chi connectivity index (χ1n) is 5.29. The molecule has 1 aromatic heterocycles. The van der Waals surface area contributed by atoms with Crippen LogP contribution in [0.15, 0.2) is 17.0 Å². The van der Waals surface area contributed by atoms with Gasteiger partial charge in [0, 0.05) is 12.4 Å². The first-order valence-corrected chi connectivity index (χ1v) is 7.09. The average molecular weight is 271 g/mol. The molecular formula is C10H13N3O2S2. The number of rotatable bonds is 5. The Morgan fingerprint density at radius 3 is 3.29 bits per heavy atom. The molecule has 1 saturated heterocycles. The molecule has 1 fully saturated rings. The minimum Gasteiger partial charge on any atom is -0.368 e. The van der Waals surface area contributed by atoms with Gasteiger partial charge in [0.2, 0.25) is 5.13 Å². The van der Waals surface area contributed by atoms with Crippen LogP contribution >= 0.6 is 23.1 Å². The predicted molar refractivity (Wildman–Crippen MR) is 68.4 cm³/mol. The van der Waals surface area contributed by atoms with E-state index in [0.29, 0.717) is 11.7 Å². The van der Waals surface area contributed by atoms with Crippen molar-refractivity contribution in [3.05, 3.63) is 12.7 Å². The van der Waals surface area contributed by atoms with Crippen molar-refractivity contribution >= 4 is 34.1 Å². The number of thioether (sulfide) groups is 1. The van der Waals surface area contributed by atoms with Crippen molar-refractivity contribution in [3.63, 3.8) is 0 Å². The van der Waals surface area contributed by atoms with Gasteiger partial charge in [0.25, 0.3) is 5.91 Å². The molecule has 7 heteroatoms. The Labute approximate surface area is 108 Å². The molecule has 0 unspecified atom stereocenters. The van der Waals surface area contributed by atoms with Crippen LogP contribution in [-0.4, -0.2) is 34.6 Å². The van der Waals surface area contributed by atoms with Crippen molar-refractivity contribution in [3.8, 4) is 0 Å². The number of anilines is 1. The number of ether oxygens (including phenoxy) is 1. The Kier molecular flexibility index (Phi) is 4.52. The minimum absolute atomic E-state index is 0.126. The van der Waals surface area contributed by atoms with E-state index in [2.05, 4.69) is 22.1 Å². The molecule has 0 aromatic carbocycles. The fourth-order valence-electron chi connectivity index (χ4n) is 1.42. The summed E-state index contributed by atoms with van der Waals surface area (Å²) < 4.78 is 6.11. The zero-order valence-corrected chi connectivity index (χ0v) is 10.9. The van der Waals surface area contributed by atoms with Gasteiger partial charge in [-0.15, -0.1) is 16.8 Å². The first kappa shape index (κ1) is 12.5. The molecule has 1 atom stereocenters. The van der Waals surface area contributed by atoms with Gasteiger partial charge in [-0.3, -0.25) is 10.1 Å². The highest BCUT2D eigenvalue weighted by molar-refractivity contribution is 8.01. The van der Waals surface area contributed by atoms with Crippen LogP contribution in [0, 0.1) is 0 Å². The Bertz CT molecular complexity index is 402. The fraction of sp³-hybridized carbons (Fsp3) is 0.500. The zero-order valence-electron chi connectivity index (χ0n) is 9.22. The van der Waals surface area contributed by atoms with Crippen molar-refractivity contribution in [2.24, 2.45) is 0 Å². The summed E-state index contributed by atoms with van der Waals surface area (Å²) in [4.78, 5) is 11.7. The van der Waals surface area contributed by atoms with Crippen LogP contribution in [0.3, 0.4) is 0 Å². The summed E-state index contributed by atoms with van der Waals surface area (Å²) >= 11 is 2.91. The van der Waals surface area contributed by atoms with Crippen molar-refractivity contribution in [2.75, 3.05) is 17.7 Å². The lowest BCUT2D eigenvalue weighted by Gasteiger charge is -2.06. The van der Waals surface area contributed by atoms with E-state index in [-0.39, 0.29) is 12.0 Å². The van der Waals surface area contributed by atoms with E-state index in [1.54, 1.807) is 17.8 Å². The molecule has 0 bridgehead atoms. The van der Waals surface area contributed by atoms with Crippen LogP contribution in [0.5, 0.6) is 0 Å². The highest BCUT2D eigenvalue weighted by Gasteiger charge is 2.24. The summed E-state index contributed by atoms with van der Waals surface area (Å²) in [6.07, 6.45) is 3.19. The molecule has 17 heavy (non-hydrogen) atoms. The van der Waals surface area contributed by atoms with Gasteiger partial charge in [0.05, 0.1) is 0 Å². The summed E-state index contributed by atoms with van der Waals surface area (Å²) in [5, 5.41) is 11.1. The van der Waals surface area contributed by atoms with Gasteiger partial charge >= 0.3 is 0 Å². The van der Waals surface area contributed by atoms with E-state index in [9.17, 15) is 4.79 Å². The molecule has 5 nitrogen and oxygen atoms in total. The fourth-order valence-corrected chi connectivity index (χ4v) is 2.94. The Morgan fingerprint density at radius 2 is 2.59 bits per heavy atom. The van der Waals surface area contributed by atoms with Crippen molar-refractivity contribution in [1.82, 2.24) is 10.2 Å². The number of hydrogen-bond acceptors (Lipinski definition) is 6. The average Bonchev–Trinajstić information content (AvgIpc) is 2.97. The maximum atomic E-state index is 11.7. The molecule has 1 amide bonds. The number of nitrogens with one attached hydrogen (secondary N) is 1. The normalized spacial score (nSPS) is 19.2. The molecule has 2 rings (SSSR count). The first-order chi connectivity index (χ1) is 8.29. The quantitative estimate of drug-likeness (QED) is 0.503. The van der Waals surface area contributed by atoms with E-state index in [1.807, 2.05) is 0 Å². The smallest absolute Gasteiger partial charge is 0.255 e. The molecule has 92 valence electrons.